The van der Waals surface area contributed by atoms with Crippen LogP contribution in [0.3, 0.4) is 0 Å². The van der Waals surface area contributed by atoms with E-state index in [0.29, 0.717) is 0 Å². The van der Waals surface area contributed by atoms with Gasteiger partial charge in [-0.1, -0.05) is 6.42 Å². The molecule has 4 rings (SSSR count). The van der Waals surface area contributed by atoms with Gasteiger partial charge in [-0.15, -0.1) is 0 Å². The topological polar surface area (TPSA) is 9.72 Å². The van der Waals surface area contributed by atoms with Crippen molar-refractivity contribution < 1.29 is 0 Å². The lowest BCUT2D eigenvalue weighted by Crippen LogP contribution is -2.56. The lowest BCUT2D eigenvalue weighted by Gasteiger charge is -2.45. The van der Waals surface area contributed by atoms with Crippen LogP contribution in [0.15, 0.2) is 0 Å². The number of hydrogen-bond acceptors (Lipinski definition) is 3. The largest absolute Gasteiger partial charge is 0.305 e. The molecule has 0 aromatic rings. The Morgan fingerprint density at radius 2 is 1.60 bits per heavy atom. The van der Waals surface area contributed by atoms with E-state index in [2.05, 4.69) is 21.7 Å². The van der Waals surface area contributed by atoms with Crippen molar-refractivity contribution >= 4 is 0 Å². The standard InChI is InChI=1S/C17H31N3/c1-18-6-2-3-16(13-18)19-7-9-20(10-8-19)17-12-14-4-5-15(17)11-14/h14-17H,2-13H2,1H3. The van der Waals surface area contributed by atoms with Crippen LogP contribution in [0.2, 0.25) is 0 Å². The molecule has 0 aromatic carbocycles. The Kier molecular flexibility index (Phi) is 3.78. The predicted octanol–water partition coefficient (Wildman–Crippen LogP) is 1.89. The highest BCUT2D eigenvalue weighted by atomic mass is 15.3. The second-order valence-corrected chi connectivity index (χ2v) is 7.87. The lowest BCUT2D eigenvalue weighted by atomic mass is 9.93. The van der Waals surface area contributed by atoms with Gasteiger partial charge >= 0.3 is 0 Å². The molecule has 3 heteroatoms. The van der Waals surface area contributed by atoms with Gasteiger partial charge in [-0.05, 0) is 57.5 Å². The van der Waals surface area contributed by atoms with Gasteiger partial charge in [-0.2, -0.15) is 0 Å². The minimum Gasteiger partial charge on any atom is -0.305 e. The zero-order valence-corrected chi connectivity index (χ0v) is 13.1. The average molecular weight is 277 g/mol. The predicted molar refractivity (Wildman–Crippen MR) is 82.9 cm³/mol. The molecule has 4 fully saturated rings. The Bertz CT molecular complexity index is 337. The van der Waals surface area contributed by atoms with E-state index >= 15 is 0 Å². The van der Waals surface area contributed by atoms with E-state index in [1.165, 1.54) is 71.4 Å². The number of nitrogens with zero attached hydrogens (tertiary/aromatic N) is 3. The van der Waals surface area contributed by atoms with Crippen LogP contribution in [0.1, 0.15) is 38.5 Å². The Hall–Kier alpha value is -0.120. The minimum atomic E-state index is 0.843. The molecule has 4 unspecified atom stereocenters. The molecular formula is C17H31N3. The van der Waals surface area contributed by atoms with Crippen LogP contribution in [-0.4, -0.2) is 73.1 Å². The van der Waals surface area contributed by atoms with Crippen LogP contribution in [0, 0.1) is 11.8 Å². The van der Waals surface area contributed by atoms with Crippen molar-refractivity contribution in [2.24, 2.45) is 11.8 Å². The molecule has 0 aromatic heterocycles. The fourth-order valence-corrected chi connectivity index (χ4v) is 5.53. The average Bonchev–Trinajstić information content (AvgIpc) is 3.10. The van der Waals surface area contributed by atoms with Crippen LogP contribution >= 0.6 is 0 Å². The summed E-state index contributed by atoms with van der Waals surface area (Å²) in [5.74, 6) is 2.15. The molecule has 0 spiro atoms. The number of fused-ring (bicyclic) bond motifs is 2. The summed E-state index contributed by atoms with van der Waals surface area (Å²) in [6, 6.07) is 1.81. The first-order valence-electron chi connectivity index (χ1n) is 8.96. The monoisotopic (exact) mass is 277 g/mol. The highest BCUT2D eigenvalue weighted by Gasteiger charge is 2.43. The molecule has 4 aliphatic rings. The van der Waals surface area contributed by atoms with Crippen molar-refractivity contribution in [2.45, 2.75) is 50.6 Å². The Balaban J connectivity index is 1.29. The quantitative estimate of drug-likeness (QED) is 0.763. The molecule has 2 saturated heterocycles. The van der Waals surface area contributed by atoms with Gasteiger partial charge in [-0.3, -0.25) is 9.80 Å². The normalized spacial score (nSPS) is 44.2. The van der Waals surface area contributed by atoms with Crippen molar-refractivity contribution in [3.05, 3.63) is 0 Å². The highest BCUT2D eigenvalue weighted by molar-refractivity contribution is 4.97. The molecule has 0 N–H and O–H groups in total. The number of likely N-dealkylation sites (tertiary alicyclic amines) is 1. The molecule has 0 radical (unpaired) electrons. The van der Waals surface area contributed by atoms with Gasteiger partial charge in [-0.25, -0.2) is 0 Å². The molecule has 4 atom stereocenters. The molecule has 2 bridgehead atoms. The van der Waals surface area contributed by atoms with E-state index in [4.69, 9.17) is 0 Å². The second kappa shape index (κ2) is 5.58. The van der Waals surface area contributed by atoms with Gasteiger partial charge in [0.2, 0.25) is 0 Å². The van der Waals surface area contributed by atoms with Crippen molar-refractivity contribution in [1.82, 2.24) is 14.7 Å². The number of hydrogen-bond donors (Lipinski definition) is 0. The van der Waals surface area contributed by atoms with E-state index in [0.717, 1.165) is 23.9 Å². The van der Waals surface area contributed by atoms with Crippen LogP contribution in [-0.2, 0) is 0 Å². The van der Waals surface area contributed by atoms with Crippen molar-refractivity contribution in [2.75, 3.05) is 46.3 Å². The molecule has 20 heavy (non-hydrogen) atoms. The lowest BCUT2D eigenvalue weighted by molar-refractivity contribution is 0.0303. The summed E-state index contributed by atoms with van der Waals surface area (Å²) in [7, 11) is 2.29. The van der Waals surface area contributed by atoms with Crippen LogP contribution in [0.5, 0.6) is 0 Å². The first-order chi connectivity index (χ1) is 9.79. The van der Waals surface area contributed by atoms with E-state index in [9.17, 15) is 0 Å². The Labute approximate surface area is 124 Å². The number of piperidine rings is 1. The van der Waals surface area contributed by atoms with Crippen molar-refractivity contribution in [3.8, 4) is 0 Å². The molecule has 2 heterocycles. The molecular weight excluding hydrogens is 246 g/mol. The number of likely N-dealkylation sites (N-methyl/N-ethyl adjacent to an activating group) is 1. The summed E-state index contributed by atoms with van der Waals surface area (Å²) < 4.78 is 0. The fourth-order valence-electron chi connectivity index (χ4n) is 5.53. The summed E-state index contributed by atoms with van der Waals surface area (Å²) in [6.07, 6.45) is 8.97. The highest BCUT2D eigenvalue weighted by Crippen LogP contribution is 2.46. The van der Waals surface area contributed by atoms with E-state index in [1.807, 2.05) is 0 Å². The van der Waals surface area contributed by atoms with Crippen molar-refractivity contribution in [3.63, 3.8) is 0 Å². The molecule has 3 nitrogen and oxygen atoms in total. The van der Waals surface area contributed by atoms with E-state index in [-0.39, 0.29) is 0 Å². The van der Waals surface area contributed by atoms with Crippen LogP contribution in [0.4, 0.5) is 0 Å². The van der Waals surface area contributed by atoms with E-state index in [1.54, 1.807) is 6.42 Å². The summed E-state index contributed by atoms with van der Waals surface area (Å²) >= 11 is 0. The zero-order chi connectivity index (χ0) is 13.5. The van der Waals surface area contributed by atoms with Gasteiger partial charge < -0.3 is 4.90 Å². The molecule has 114 valence electrons. The Morgan fingerprint density at radius 1 is 0.800 bits per heavy atom. The van der Waals surface area contributed by atoms with E-state index < -0.39 is 0 Å². The van der Waals surface area contributed by atoms with Gasteiger partial charge in [0, 0.05) is 44.8 Å². The molecule has 0 amide bonds. The number of piperazine rings is 1. The summed E-state index contributed by atoms with van der Waals surface area (Å²) in [5, 5.41) is 0. The smallest absolute Gasteiger partial charge is 0.0224 e. The minimum absolute atomic E-state index is 0.843. The first-order valence-corrected chi connectivity index (χ1v) is 8.96. The maximum atomic E-state index is 2.85. The SMILES string of the molecule is CN1CCCC(N2CCN(C3CC4CCC3C4)CC2)C1. The van der Waals surface area contributed by atoms with Crippen LogP contribution < -0.4 is 0 Å². The molecule has 2 aliphatic carbocycles. The van der Waals surface area contributed by atoms with Crippen molar-refractivity contribution in [1.29, 1.82) is 0 Å². The van der Waals surface area contributed by atoms with Gasteiger partial charge in [0.15, 0.2) is 0 Å². The van der Waals surface area contributed by atoms with Crippen LogP contribution in [0.25, 0.3) is 0 Å². The second-order valence-electron chi connectivity index (χ2n) is 7.87. The maximum Gasteiger partial charge on any atom is 0.0224 e. The third-order valence-corrected chi connectivity index (χ3v) is 6.63. The summed E-state index contributed by atoms with van der Waals surface area (Å²) in [4.78, 5) is 8.17. The summed E-state index contributed by atoms with van der Waals surface area (Å²) in [6.45, 7) is 7.94. The summed E-state index contributed by atoms with van der Waals surface area (Å²) in [5.41, 5.74) is 0. The maximum absolute atomic E-state index is 2.85. The van der Waals surface area contributed by atoms with Gasteiger partial charge in [0.25, 0.3) is 0 Å². The zero-order valence-electron chi connectivity index (χ0n) is 13.1. The third kappa shape index (κ3) is 2.53. The number of rotatable bonds is 2. The Morgan fingerprint density at radius 3 is 2.25 bits per heavy atom. The molecule has 2 aliphatic heterocycles. The van der Waals surface area contributed by atoms with Gasteiger partial charge in [0.05, 0.1) is 0 Å². The van der Waals surface area contributed by atoms with Gasteiger partial charge in [0.1, 0.15) is 0 Å². The third-order valence-electron chi connectivity index (χ3n) is 6.63. The molecule has 2 saturated carbocycles. The first kappa shape index (κ1) is 13.5. The fraction of sp³-hybridized carbons (Fsp3) is 1.00.